The largest absolute Gasteiger partial charge is 0.394 e. The molecule has 0 fully saturated rings. The van der Waals surface area contributed by atoms with Gasteiger partial charge in [0.2, 0.25) is 5.91 Å². The Morgan fingerprint density at radius 3 is 1.44 bits per heavy atom. The van der Waals surface area contributed by atoms with Crippen molar-refractivity contribution >= 4 is 5.91 Å². The molecular weight excluding hydrogens is 594 g/mol. The highest BCUT2D eigenvalue weighted by molar-refractivity contribution is 5.80. The Kier molecular flexibility index (Phi) is 36.3. The molecule has 4 N–H and O–H groups in total. The third-order valence-electron chi connectivity index (χ3n) is 8.81. The van der Waals surface area contributed by atoms with Crippen LogP contribution in [0.4, 0.5) is 0 Å². The molecule has 0 bridgehead atoms. The number of hydrogen-bond donors (Lipinski definition) is 4. The molecule has 278 valence electrons. The van der Waals surface area contributed by atoms with E-state index in [4.69, 9.17) is 0 Å². The van der Waals surface area contributed by atoms with E-state index >= 15 is 0 Å². The lowest BCUT2D eigenvalue weighted by Gasteiger charge is -2.21. The molecule has 3 unspecified atom stereocenters. The smallest absolute Gasteiger partial charge is 0.249 e. The molecule has 1 amide bonds. The number of aliphatic hydroxyl groups is 3. The topological polar surface area (TPSA) is 89.8 Å². The van der Waals surface area contributed by atoms with Gasteiger partial charge in [0.1, 0.15) is 6.10 Å². The summed E-state index contributed by atoms with van der Waals surface area (Å²) in [5.41, 5.74) is 0. The van der Waals surface area contributed by atoms with Gasteiger partial charge in [-0.25, -0.2) is 0 Å². The average molecular weight is 672 g/mol. The van der Waals surface area contributed by atoms with Gasteiger partial charge < -0.3 is 20.6 Å². The van der Waals surface area contributed by atoms with Crippen LogP contribution in [-0.4, -0.2) is 46.1 Å². The number of carbonyl (C=O) groups excluding carboxylic acids is 1. The Morgan fingerprint density at radius 1 is 0.521 bits per heavy atom. The first-order valence-corrected chi connectivity index (χ1v) is 20.1. The van der Waals surface area contributed by atoms with Crippen molar-refractivity contribution in [3.05, 3.63) is 60.8 Å². The average Bonchev–Trinajstić information content (AvgIpc) is 3.09. The Morgan fingerprint density at radius 2 is 0.917 bits per heavy atom. The molecule has 48 heavy (non-hydrogen) atoms. The van der Waals surface area contributed by atoms with Crippen LogP contribution in [0.1, 0.15) is 181 Å². The van der Waals surface area contributed by atoms with E-state index in [0.29, 0.717) is 6.42 Å². The second-order valence-electron chi connectivity index (χ2n) is 13.5. The van der Waals surface area contributed by atoms with Crippen LogP contribution in [0, 0.1) is 0 Å². The lowest BCUT2D eigenvalue weighted by atomic mass is 10.0. The third kappa shape index (κ3) is 32.6. The van der Waals surface area contributed by atoms with Gasteiger partial charge in [0, 0.05) is 0 Å². The minimum atomic E-state index is -1.12. The SMILES string of the molecule is CCCCC/C=C\C/C=C\CCCCCCCCC(O)C(=O)NC(CO)C(O)/C=C/CC/C=C/CC/C=C/CCCCCCCCCC. The number of aliphatic hydroxyl groups excluding tert-OH is 3. The van der Waals surface area contributed by atoms with Crippen molar-refractivity contribution < 1.29 is 20.1 Å². The predicted molar refractivity (Wildman–Crippen MR) is 208 cm³/mol. The van der Waals surface area contributed by atoms with Crippen molar-refractivity contribution in [2.45, 2.75) is 199 Å². The van der Waals surface area contributed by atoms with Crippen molar-refractivity contribution in [2.75, 3.05) is 6.61 Å². The van der Waals surface area contributed by atoms with E-state index in [-0.39, 0.29) is 6.61 Å². The van der Waals surface area contributed by atoms with Gasteiger partial charge in [-0.2, -0.15) is 0 Å². The van der Waals surface area contributed by atoms with Gasteiger partial charge in [-0.05, 0) is 77.0 Å². The summed E-state index contributed by atoms with van der Waals surface area (Å²) in [7, 11) is 0. The van der Waals surface area contributed by atoms with E-state index in [9.17, 15) is 20.1 Å². The number of hydrogen-bond acceptors (Lipinski definition) is 4. The van der Waals surface area contributed by atoms with Crippen LogP contribution in [-0.2, 0) is 4.79 Å². The van der Waals surface area contributed by atoms with Gasteiger partial charge in [-0.15, -0.1) is 0 Å². The van der Waals surface area contributed by atoms with Crippen molar-refractivity contribution in [2.24, 2.45) is 0 Å². The second kappa shape index (κ2) is 37.9. The summed E-state index contributed by atoms with van der Waals surface area (Å²) < 4.78 is 0. The zero-order valence-electron chi connectivity index (χ0n) is 31.3. The van der Waals surface area contributed by atoms with E-state index in [1.54, 1.807) is 6.08 Å². The summed E-state index contributed by atoms with van der Waals surface area (Å²) in [5.74, 6) is -0.529. The van der Waals surface area contributed by atoms with E-state index in [1.807, 2.05) is 6.08 Å². The number of nitrogens with one attached hydrogen (secondary N) is 1. The Balaban J connectivity index is 3.83. The van der Waals surface area contributed by atoms with E-state index in [0.717, 1.165) is 57.8 Å². The molecule has 0 rings (SSSR count). The molecule has 0 aromatic carbocycles. The molecule has 5 nitrogen and oxygen atoms in total. The normalized spacial score (nSPS) is 14.4. The van der Waals surface area contributed by atoms with Gasteiger partial charge in [-0.3, -0.25) is 4.79 Å². The molecule has 0 aromatic heterocycles. The summed E-state index contributed by atoms with van der Waals surface area (Å²) >= 11 is 0. The predicted octanol–water partition coefficient (Wildman–Crippen LogP) is 11.1. The van der Waals surface area contributed by atoms with E-state index < -0.39 is 24.2 Å². The fourth-order valence-electron chi connectivity index (χ4n) is 5.60. The molecule has 0 saturated carbocycles. The zero-order valence-corrected chi connectivity index (χ0v) is 31.3. The van der Waals surface area contributed by atoms with Gasteiger partial charge in [0.25, 0.3) is 0 Å². The standard InChI is InChI=1S/C43H77NO4/c1-3-5-7-9-11-13-15-17-19-21-22-24-25-27-29-31-33-35-37-41(46)40(39-45)44-43(48)42(47)38-36-34-32-30-28-26-23-20-18-16-14-12-10-8-6-4-2/h12,14,18,20-22,27,29,35,37,40-42,45-47H,3-11,13,15-17,19,23-26,28,30-34,36,38-39H2,1-2H3,(H,44,48)/b14-12-,20-18-,22-21+,29-27+,37-35+. The Bertz CT molecular complexity index is 831. The lowest BCUT2D eigenvalue weighted by Crippen LogP contribution is -2.48. The summed E-state index contributed by atoms with van der Waals surface area (Å²) in [6.07, 6.45) is 49.5. The third-order valence-corrected chi connectivity index (χ3v) is 8.81. The van der Waals surface area contributed by atoms with E-state index in [2.05, 4.69) is 67.8 Å². The zero-order chi connectivity index (χ0) is 35.2. The number of carbonyl (C=O) groups is 1. The highest BCUT2D eigenvalue weighted by Crippen LogP contribution is 2.12. The van der Waals surface area contributed by atoms with Crippen LogP contribution >= 0.6 is 0 Å². The van der Waals surface area contributed by atoms with Crippen molar-refractivity contribution in [1.29, 1.82) is 0 Å². The lowest BCUT2D eigenvalue weighted by molar-refractivity contribution is -0.131. The minimum absolute atomic E-state index is 0.388. The maximum absolute atomic E-state index is 12.4. The first-order valence-electron chi connectivity index (χ1n) is 20.1. The monoisotopic (exact) mass is 672 g/mol. The first kappa shape index (κ1) is 46.0. The fraction of sp³-hybridized carbons (Fsp3) is 0.744. The number of rotatable bonds is 35. The maximum Gasteiger partial charge on any atom is 0.249 e. The first-order chi connectivity index (χ1) is 23.6. The molecule has 0 spiro atoms. The molecule has 0 aliphatic carbocycles. The molecule has 3 atom stereocenters. The van der Waals surface area contributed by atoms with Crippen molar-refractivity contribution in [1.82, 2.24) is 5.32 Å². The highest BCUT2D eigenvalue weighted by atomic mass is 16.3. The molecule has 0 radical (unpaired) electrons. The maximum atomic E-state index is 12.4. The van der Waals surface area contributed by atoms with Gasteiger partial charge in [-0.1, -0.05) is 164 Å². The van der Waals surface area contributed by atoms with Crippen LogP contribution in [0.15, 0.2) is 60.8 Å². The quantitative estimate of drug-likeness (QED) is 0.0399. The van der Waals surface area contributed by atoms with Gasteiger partial charge in [0.05, 0.1) is 18.8 Å². The summed E-state index contributed by atoms with van der Waals surface area (Å²) in [6.45, 7) is 4.11. The minimum Gasteiger partial charge on any atom is -0.394 e. The Labute approximate surface area is 297 Å². The molecule has 0 aromatic rings. The van der Waals surface area contributed by atoms with E-state index in [1.165, 1.54) is 103 Å². The van der Waals surface area contributed by atoms with Crippen LogP contribution < -0.4 is 5.32 Å². The number of unbranched alkanes of at least 4 members (excludes halogenated alkanes) is 19. The molecule has 0 heterocycles. The van der Waals surface area contributed by atoms with Gasteiger partial charge in [0.15, 0.2) is 0 Å². The summed E-state index contributed by atoms with van der Waals surface area (Å²) in [4.78, 5) is 12.4. The summed E-state index contributed by atoms with van der Waals surface area (Å²) in [5, 5.41) is 33.0. The highest BCUT2D eigenvalue weighted by Gasteiger charge is 2.22. The number of amides is 1. The number of allylic oxidation sites excluding steroid dienone is 9. The fourth-order valence-corrected chi connectivity index (χ4v) is 5.60. The molecular formula is C43H77NO4. The van der Waals surface area contributed by atoms with Gasteiger partial charge >= 0.3 is 0 Å². The molecule has 0 saturated heterocycles. The molecule has 0 aliphatic rings. The molecule has 0 aliphatic heterocycles. The van der Waals surface area contributed by atoms with Crippen molar-refractivity contribution in [3.8, 4) is 0 Å². The Hall–Kier alpha value is -1.95. The van der Waals surface area contributed by atoms with Crippen LogP contribution in [0.5, 0.6) is 0 Å². The van der Waals surface area contributed by atoms with Crippen LogP contribution in [0.2, 0.25) is 0 Å². The van der Waals surface area contributed by atoms with Crippen LogP contribution in [0.3, 0.4) is 0 Å². The van der Waals surface area contributed by atoms with Crippen LogP contribution in [0.25, 0.3) is 0 Å². The second-order valence-corrected chi connectivity index (χ2v) is 13.5. The van der Waals surface area contributed by atoms with Crippen molar-refractivity contribution in [3.63, 3.8) is 0 Å². The summed E-state index contributed by atoms with van der Waals surface area (Å²) in [6, 6.07) is -0.826. The molecule has 5 heteroatoms.